The van der Waals surface area contributed by atoms with Crippen LogP contribution in [-0.4, -0.2) is 11.1 Å². The zero-order chi connectivity index (χ0) is 12.3. The zero-order valence-electron chi connectivity index (χ0n) is 8.81. The maximum Gasteiger partial charge on any atom is 0.307 e. The molecule has 88 valence electrons. The quantitative estimate of drug-likeness (QED) is 0.901. The fraction of sp³-hybridized carbons (Fsp3) is 0.0833. The van der Waals surface area contributed by atoms with Crippen LogP contribution in [0.1, 0.15) is 5.56 Å². The van der Waals surface area contributed by atoms with Gasteiger partial charge in [-0.15, -0.1) is 11.3 Å². The molecule has 2 rings (SSSR count). The Morgan fingerprint density at radius 1 is 1.29 bits per heavy atom. The van der Waals surface area contributed by atoms with Crippen LogP contribution in [0.25, 0.3) is 0 Å². The van der Waals surface area contributed by atoms with Crippen LogP contribution < -0.4 is 5.32 Å². The van der Waals surface area contributed by atoms with Crippen molar-refractivity contribution in [3.63, 3.8) is 0 Å². The molecule has 1 aromatic heterocycles. The molecule has 0 saturated heterocycles. The smallest absolute Gasteiger partial charge is 0.307 e. The first-order valence-corrected chi connectivity index (χ1v) is 6.69. The molecule has 2 aromatic rings. The van der Waals surface area contributed by atoms with Gasteiger partial charge in [0.05, 0.1) is 17.8 Å². The van der Waals surface area contributed by atoms with E-state index in [9.17, 15) is 4.79 Å². The molecule has 0 aliphatic rings. The van der Waals surface area contributed by atoms with Gasteiger partial charge in [-0.25, -0.2) is 0 Å². The van der Waals surface area contributed by atoms with Gasteiger partial charge in [0.25, 0.3) is 0 Å². The van der Waals surface area contributed by atoms with Gasteiger partial charge in [-0.05, 0) is 39.0 Å². The summed E-state index contributed by atoms with van der Waals surface area (Å²) in [5.74, 6) is -0.821. The Bertz CT molecular complexity index is 539. The van der Waals surface area contributed by atoms with Crippen LogP contribution in [0.3, 0.4) is 0 Å². The molecule has 0 fully saturated rings. The Kier molecular flexibility index (Phi) is 3.81. The fourth-order valence-corrected chi connectivity index (χ4v) is 2.61. The largest absolute Gasteiger partial charge is 0.481 e. The van der Waals surface area contributed by atoms with Gasteiger partial charge in [0, 0.05) is 9.85 Å². The number of para-hydroxylation sites is 1. The van der Waals surface area contributed by atoms with Crippen molar-refractivity contribution in [3.05, 3.63) is 45.1 Å². The molecule has 1 aromatic carbocycles. The SMILES string of the molecule is O=C(O)Cc1cscc1Nc1ccccc1Br. The first-order chi connectivity index (χ1) is 8.16. The number of carboxylic acid groups (broad SMARTS) is 1. The standard InChI is InChI=1S/C12H10BrNO2S/c13-9-3-1-2-4-10(9)14-11-7-17-6-8(11)5-12(15)16/h1-4,6-7,14H,5H2,(H,15,16). The lowest BCUT2D eigenvalue weighted by Gasteiger charge is -2.08. The number of aliphatic carboxylic acids is 1. The first kappa shape index (κ1) is 12.1. The lowest BCUT2D eigenvalue weighted by Crippen LogP contribution is -2.01. The number of hydrogen-bond acceptors (Lipinski definition) is 3. The molecule has 0 aliphatic heterocycles. The summed E-state index contributed by atoms with van der Waals surface area (Å²) in [5, 5.41) is 15.8. The number of halogens is 1. The second-order valence-electron chi connectivity index (χ2n) is 3.49. The average molecular weight is 312 g/mol. The number of carbonyl (C=O) groups is 1. The molecule has 5 heteroatoms. The number of thiophene rings is 1. The molecule has 17 heavy (non-hydrogen) atoms. The van der Waals surface area contributed by atoms with Crippen molar-refractivity contribution in [2.45, 2.75) is 6.42 Å². The van der Waals surface area contributed by atoms with E-state index in [0.29, 0.717) is 0 Å². The van der Waals surface area contributed by atoms with E-state index in [-0.39, 0.29) is 6.42 Å². The first-order valence-electron chi connectivity index (χ1n) is 4.95. The summed E-state index contributed by atoms with van der Waals surface area (Å²) in [7, 11) is 0. The molecule has 0 saturated carbocycles. The molecule has 0 radical (unpaired) electrons. The van der Waals surface area contributed by atoms with Gasteiger partial charge < -0.3 is 10.4 Å². The molecule has 0 bridgehead atoms. The fourth-order valence-electron chi connectivity index (χ4n) is 1.44. The van der Waals surface area contributed by atoms with Crippen molar-refractivity contribution in [3.8, 4) is 0 Å². The van der Waals surface area contributed by atoms with Crippen LogP contribution in [0.5, 0.6) is 0 Å². The average Bonchev–Trinajstić information content (AvgIpc) is 2.68. The van der Waals surface area contributed by atoms with Crippen LogP contribution in [0.2, 0.25) is 0 Å². The van der Waals surface area contributed by atoms with E-state index in [4.69, 9.17) is 5.11 Å². The van der Waals surface area contributed by atoms with Gasteiger partial charge in [0.15, 0.2) is 0 Å². The van der Waals surface area contributed by atoms with Crippen LogP contribution in [-0.2, 0) is 11.2 Å². The van der Waals surface area contributed by atoms with Gasteiger partial charge in [-0.2, -0.15) is 0 Å². The third kappa shape index (κ3) is 3.08. The highest BCUT2D eigenvalue weighted by Crippen LogP contribution is 2.29. The summed E-state index contributed by atoms with van der Waals surface area (Å²) in [4.78, 5) is 10.7. The van der Waals surface area contributed by atoms with Crippen LogP contribution in [0, 0.1) is 0 Å². The summed E-state index contributed by atoms with van der Waals surface area (Å²) >= 11 is 4.93. The minimum atomic E-state index is -0.821. The maximum absolute atomic E-state index is 10.7. The Morgan fingerprint density at radius 2 is 2.06 bits per heavy atom. The van der Waals surface area contributed by atoms with Crippen molar-refractivity contribution in [1.29, 1.82) is 0 Å². The summed E-state index contributed by atoms with van der Waals surface area (Å²) < 4.78 is 0.951. The predicted octanol–water partition coefficient (Wildman–Crippen LogP) is 3.88. The minimum Gasteiger partial charge on any atom is -0.481 e. The summed E-state index contributed by atoms with van der Waals surface area (Å²) in [5.41, 5.74) is 2.58. The van der Waals surface area contributed by atoms with Gasteiger partial charge in [-0.3, -0.25) is 4.79 Å². The number of hydrogen-bond donors (Lipinski definition) is 2. The van der Waals surface area contributed by atoms with Crippen molar-refractivity contribution < 1.29 is 9.90 Å². The van der Waals surface area contributed by atoms with E-state index < -0.39 is 5.97 Å². The van der Waals surface area contributed by atoms with E-state index in [1.807, 2.05) is 35.0 Å². The summed E-state index contributed by atoms with van der Waals surface area (Å²) in [6.07, 6.45) is 0.0380. The Morgan fingerprint density at radius 3 is 2.76 bits per heavy atom. The van der Waals surface area contributed by atoms with Crippen molar-refractivity contribution >= 4 is 44.6 Å². The van der Waals surface area contributed by atoms with Crippen molar-refractivity contribution in [2.24, 2.45) is 0 Å². The van der Waals surface area contributed by atoms with Gasteiger partial charge in [0.1, 0.15) is 0 Å². The monoisotopic (exact) mass is 311 g/mol. The number of benzene rings is 1. The van der Waals surface area contributed by atoms with Gasteiger partial charge in [0.2, 0.25) is 0 Å². The molecule has 0 aliphatic carbocycles. The topological polar surface area (TPSA) is 49.3 Å². The number of rotatable bonds is 4. The predicted molar refractivity (Wildman–Crippen MR) is 73.1 cm³/mol. The second-order valence-corrected chi connectivity index (χ2v) is 5.08. The second kappa shape index (κ2) is 5.33. The highest BCUT2D eigenvalue weighted by atomic mass is 79.9. The molecule has 0 spiro atoms. The van der Waals surface area contributed by atoms with Crippen molar-refractivity contribution in [1.82, 2.24) is 0 Å². The molecule has 1 heterocycles. The molecular formula is C12H10BrNO2S. The normalized spacial score (nSPS) is 10.2. The Balaban J connectivity index is 2.22. The Labute approximate surface area is 111 Å². The molecule has 0 amide bonds. The summed E-state index contributed by atoms with van der Waals surface area (Å²) in [6, 6.07) is 7.73. The number of anilines is 2. The minimum absolute atomic E-state index is 0.0380. The summed E-state index contributed by atoms with van der Waals surface area (Å²) in [6.45, 7) is 0. The third-order valence-electron chi connectivity index (χ3n) is 2.23. The van der Waals surface area contributed by atoms with Gasteiger partial charge >= 0.3 is 5.97 Å². The van der Waals surface area contributed by atoms with E-state index in [1.54, 1.807) is 0 Å². The van der Waals surface area contributed by atoms with E-state index in [2.05, 4.69) is 21.2 Å². The van der Waals surface area contributed by atoms with Crippen LogP contribution >= 0.6 is 27.3 Å². The van der Waals surface area contributed by atoms with E-state index >= 15 is 0 Å². The molecule has 0 unspecified atom stereocenters. The molecule has 2 N–H and O–H groups in total. The lowest BCUT2D eigenvalue weighted by molar-refractivity contribution is -0.136. The number of nitrogens with one attached hydrogen (secondary N) is 1. The molecule has 0 atom stereocenters. The van der Waals surface area contributed by atoms with E-state index in [0.717, 1.165) is 21.4 Å². The van der Waals surface area contributed by atoms with Crippen molar-refractivity contribution in [2.75, 3.05) is 5.32 Å². The van der Waals surface area contributed by atoms with E-state index in [1.165, 1.54) is 11.3 Å². The third-order valence-corrected chi connectivity index (χ3v) is 3.71. The molecular weight excluding hydrogens is 302 g/mol. The highest BCUT2D eigenvalue weighted by Gasteiger charge is 2.09. The van der Waals surface area contributed by atoms with Crippen LogP contribution in [0.4, 0.5) is 11.4 Å². The molecule has 3 nitrogen and oxygen atoms in total. The maximum atomic E-state index is 10.7. The van der Waals surface area contributed by atoms with Crippen LogP contribution in [0.15, 0.2) is 39.5 Å². The van der Waals surface area contributed by atoms with Gasteiger partial charge in [-0.1, -0.05) is 12.1 Å². The lowest BCUT2D eigenvalue weighted by atomic mass is 10.2. The zero-order valence-corrected chi connectivity index (χ0v) is 11.2. The Hall–Kier alpha value is -1.33. The number of carboxylic acids is 1. The highest BCUT2D eigenvalue weighted by molar-refractivity contribution is 9.10.